The Morgan fingerprint density at radius 3 is 2.69 bits per heavy atom. The minimum Gasteiger partial charge on any atom is -0.493 e. The second-order valence-electron chi connectivity index (χ2n) is 6.54. The van der Waals surface area contributed by atoms with E-state index in [0.717, 1.165) is 5.39 Å². The second kappa shape index (κ2) is 5.93. The zero-order valence-electron chi connectivity index (χ0n) is 14.9. The van der Waals surface area contributed by atoms with E-state index in [1.807, 2.05) is 24.3 Å². The zero-order valence-corrected chi connectivity index (χ0v) is 14.9. The molecule has 0 radical (unpaired) electrons. The predicted molar refractivity (Wildman–Crippen MR) is 104 cm³/mol. The number of fused-ring (bicyclic) bond motifs is 5. The van der Waals surface area contributed by atoms with Crippen LogP contribution in [0.4, 0.5) is 11.5 Å². The average molecular weight is 387 g/mol. The Morgan fingerprint density at radius 1 is 0.966 bits per heavy atom. The summed E-state index contributed by atoms with van der Waals surface area (Å²) in [6, 6.07) is 11.1. The molecule has 6 rings (SSSR count). The number of benzene rings is 2. The fourth-order valence-electron chi connectivity index (χ4n) is 3.48. The molecule has 9 heteroatoms. The van der Waals surface area contributed by atoms with Gasteiger partial charge >= 0.3 is 0 Å². The van der Waals surface area contributed by atoms with Crippen molar-refractivity contribution in [1.29, 1.82) is 0 Å². The molecule has 1 aliphatic rings. The van der Waals surface area contributed by atoms with Gasteiger partial charge in [-0.1, -0.05) is 12.1 Å². The topological polar surface area (TPSA) is 118 Å². The van der Waals surface area contributed by atoms with Crippen molar-refractivity contribution in [3.05, 3.63) is 42.7 Å². The van der Waals surface area contributed by atoms with E-state index >= 15 is 0 Å². The van der Waals surface area contributed by atoms with Gasteiger partial charge < -0.3 is 24.0 Å². The summed E-state index contributed by atoms with van der Waals surface area (Å²) in [5, 5.41) is 20.3. The fraction of sp³-hybridized carbons (Fsp3) is 0.100. The van der Waals surface area contributed by atoms with Gasteiger partial charge in [0.2, 0.25) is 11.7 Å². The summed E-state index contributed by atoms with van der Waals surface area (Å²) in [7, 11) is 0. The Kier molecular flexibility index (Phi) is 3.25. The van der Waals surface area contributed by atoms with Gasteiger partial charge in [-0.05, 0) is 18.2 Å². The maximum atomic E-state index is 10.3. The maximum absolute atomic E-state index is 10.3. The first-order valence-corrected chi connectivity index (χ1v) is 8.96. The van der Waals surface area contributed by atoms with Crippen LogP contribution in [0.5, 0.6) is 17.4 Å². The van der Waals surface area contributed by atoms with Gasteiger partial charge in [0, 0.05) is 16.8 Å². The van der Waals surface area contributed by atoms with E-state index in [0.29, 0.717) is 52.3 Å². The van der Waals surface area contributed by atoms with Crippen molar-refractivity contribution in [3.8, 4) is 17.4 Å². The molecule has 2 aromatic carbocycles. The molecule has 0 aliphatic carbocycles. The van der Waals surface area contributed by atoms with Crippen LogP contribution in [0.2, 0.25) is 0 Å². The highest BCUT2D eigenvalue weighted by Gasteiger charge is 2.19. The number of hydrogen-bond acceptors (Lipinski definition) is 8. The Bertz CT molecular complexity index is 1440. The largest absolute Gasteiger partial charge is 0.493 e. The molecule has 1 aliphatic heterocycles. The monoisotopic (exact) mass is 387 g/mol. The molecule has 0 bridgehead atoms. The number of ether oxygens (including phenoxy) is 2. The Morgan fingerprint density at radius 2 is 1.79 bits per heavy atom. The van der Waals surface area contributed by atoms with E-state index in [9.17, 15) is 5.11 Å². The van der Waals surface area contributed by atoms with E-state index in [2.05, 4.69) is 25.2 Å². The van der Waals surface area contributed by atoms with Crippen molar-refractivity contribution in [2.45, 2.75) is 0 Å². The van der Waals surface area contributed by atoms with Gasteiger partial charge in [-0.15, -0.1) is 10.2 Å². The molecule has 2 N–H and O–H groups in total. The number of nitrogens with one attached hydrogen (secondary N) is 1. The number of aromatic amines is 1. The number of rotatable bonds is 2. The van der Waals surface area contributed by atoms with Crippen LogP contribution in [0.3, 0.4) is 0 Å². The van der Waals surface area contributed by atoms with Gasteiger partial charge in [0.15, 0.2) is 22.8 Å². The van der Waals surface area contributed by atoms with Crippen LogP contribution in [-0.4, -0.2) is 33.3 Å². The first-order chi connectivity index (χ1) is 14.3. The van der Waals surface area contributed by atoms with Gasteiger partial charge in [-0.25, -0.2) is 9.97 Å². The second-order valence-corrected chi connectivity index (χ2v) is 6.54. The molecule has 142 valence electrons. The van der Waals surface area contributed by atoms with Crippen LogP contribution in [0.15, 0.2) is 57.4 Å². The lowest BCUT2D eigenvalue weighted by Gasteiger charge is -2.17. The molecule has 9 nitrogen and oxygen atoms in total. The molecule has 5 aromatic rings. The molecule has 0 saturated carbocycles. The highest BCUT2D eigenvalue weighted by atomic mass is 16.6. The third kappa shape index (κ3) is 2.40. The van der Waals surface area contributed by atoms with Crippen LogP contribution in [-0.2, 0) is 0 Å². The molecular weight excluding hydrogens is 374 g/mol. The normalized spacial score (nSPS) is 13.8. The summed E-state index contributed by atoms with van der Waals surface area (Å²) in [6.07, 6.45) is 1.41. The van der Waals surface area contributed by atoms with Crippen molar-refractivity contribution in [3.63, 3.8) is 0 Å². The summed E-state index contributed by atoms with van der Waals surface area (Å²) >= 11 is 0. The summed E-state index contributed by atoms with van der Waals surface area (Å²) in [4.78, 5) is 11.4. The lowest BCUT2D eigenvalue weighted by atomic mass is 10.2. The summed E-state index contributed by atoms with van der Waals surface area (Å²) in [6.45, 7) is 0.954. The maximum Gasteiger partial charge on any atom is 0.221 e. The molecule has 0 saturated heterocycles. The van der Waals surface area contributed by atoms with E-state index in [4.69, 9.17) is 13.9 Å². The van der Waals surface area contributed by atoms with Crippen LogP contribution in [0.25, 0.3) is 33.0 Å². The number of azo groups is 1. The van der Waals surface area contributed by atoms with Gasteiger partial charge in [-0.2, -0.15) is 0 Å². The number of furan rings is 1. The smallest absolute Gasteiger partial charge is 0.221 e. The third-order valence-electron chi connectivity index (χ3n) is 4.80. The number of para-hydroxylation sites is 1. The van der Waals surface area contributed by atoms with Crippen molar-refractivity contribution in [1.82, 2.24) is 15.0 Å². The van der Waals surface area contributed by atoms with Crippen LogP contribution >= 0.6 is 0 Å². The minimum absolute atomic E-state index is 0.110. The van der Waals surface area contributed by atoms with E-state index in [-0.39, 0.29) is 17.4 Å². The molecule has 0 spiro atoms. The molecule has 3 aromatic heterocycles. The van der Waals surface area contributed by atoms with Crippen LogP contribution in [0.1, 0.15) is 0 Å². The third-order valence-corrected chi connectivity index (χ3v) is 4.80. The zero-order chi connectivity index (χ0) is 19.4. The number of hydrogen-bond donors (Lipinski definition) is 2. The highest BCUT2D eigenvalue weighted by molar-refractivity contribution is 6.05. The Labute approximate surface area is 162 Å². The van der Waals surface area contributed by atoms with Gasteiger partial charge in [0.1, 0.15) is 30.6 Å². The van der Waals surface area contributed by atoms with E-state index in [1.54, 1.807) is 12.1 Å². The highest BCUT2D eigenvalue weighted by Crippen LogP contribution is 2.43. The molecule has 0 fully saturated rings. The average Bonchev–Trinajstić information content (AvgIpc) is 3.27. The van der Waals surface area contributed by atoms with Gasteiger partial charge in [-0.3, -0.25) is 0 Å². The number of aromatic hydroxyl groups is 1. The van der Waals surface area contributed by atoms with Crippen molar-refractivity contribution in [2.24, 2.45) is 10.2 Å². The lowest BCUT2D eigenvalue weighted by molar-refractivity contribution is 0.172. The van der Waals surface area contributed by atoms with Crippen LogP contribution in [0, 0.1) is 0 Å². The summed E-state index contributed by atoms with van der Waals surface area (Å²) in [5.74, 6) is 1.38. The molecular formula is C20H13N5O4. The van der Waals surface area contributed by atoms with E-state index in [1.165, 1.54) is 6.33 Å². The fourth-order valence-corrected chi connectivity index (χ4v) is 3.48. The SMILES string of the molecule is Oc1[nH]c2cc3c(cc2c1N=Nc1ncnc2c1oc1ccccc12)OCCO3. The molecule has 4 heterocycles. The molecule has 0 atom stereocenters. The van der Waals surface area contributed by atoms with Crippen molar-refractivity contribution >= 4 is 44.5 Å². The molecule has 0 amide bonds. The first kappa shape index (κ1) is 15.9. The molecule has 0 unspecified atom stereocenters. The minimum atomic E-state index is -0.110. The Hall–Kier alpha value is -4.14. The van der Waals surface area contributed by atoms with E-state index < -0.39 is 0 Å². The van der Waals surface area contributed by atoms with Gasteiger partial charge in [0.25, 0.3) is 0 Å². The predicted octanol–water partition coefficient (Wildman–Crippen LogP) is 4.75. The van der Waals surface area contributed by atoms with Gasteiger partial charge in [0.05, 0.1) is 5.52 Å². The summed E-state index contributed by atoms with van der Waals surface area (Å²) in [5.41, 5.74) is 2.73. The standard InChI is InChI=1S/C20H13N5O4/c26-20-17(11-7-14-15(8-12(11)23-20)28-6-5-27-14)24-25-19-18-16(21-9-22-19)10-3-1-2-4-13(10)29-18/h1-4,7-9,23,26H,5-6H2. The quantitative estimate of drug-likeness (QED) is 0.422. The summed E-state index contributed by atoms with van der Waals surface area (Å²) < 4.78 is 17.1. The molecule has 29 heavy (non-hydrogen) atoms. The van der Waals surface area contributed by atoms with Crippen molar-refractivity contribution < 1.29 is 19.0 Å². The van der Waals surface area contributed by atoms with Crippen LogP contribution < -0.4 is 9.47 Å². The number of nitrogens with zero attached hydrogens (tertiary/aromatic N) is 4. The Balaban J connectivity index is 1.49. The van der Waals surface area contributed by atoms with Crippen molar-refractivity contribution in [2.75, 3.05) is 13.2 Å². The number of aromatic nitrogens is 3. The first-order valence-electron chi connectivity index (χ1n) is 8.96. The number of H-pyrrole nitrogens is 1. The lowest BCUT2D eigenvalue weighted by Crippen LogP contribution is -2.15.